The molecule has 0 aromatic heterocycles. The number of hydrogen-bond donors (Lipinski definition) is 1. The molecular formula is C14H21N3O4. The molecule has 1 heterocycles. The van der Waals surface area contributed by atoms with E-state index >= 15 is 0 Å². The van der Waals surface area contributed by atoms with Gasteiger partial charge in [0.1, 0.15) is 5.75 Å². The second kappa shape index (κ2) is 7.24. The molecular weight excluding hydrogens is 274 g/mol. The number of morpholine rings is 1. The number of nitrogen functional groups attached to an aromatic ring is 1. The van der Waals surface area contributed by atoms with Gasteiger partial charge in [0.25, 0.3) is 5.69 Å². The van der Waals surface area contributed by atoms with Gasteiger partial charge in [-0.1, -0.05) is 0 Å². The van der Waals surface area contributed by atoms with E-state index in [1.807, 2.05) is 0 Å². The van der Waals surface area contributed by atoms with Crippen LogP contribution in [-0.2, 0) is 4.74 Å². The predicted octanol–water partition coefficient (Wildman–Crippen LogP) is 1.67. The quantitative estimate of drug-likeness (QED) is 0.487. The van der Waals surface area contributed by atoms with Crippen molar-refractivity contribution in [2.45, 2.75) is 19.4 Å². The highest BCUT2D eigenvalue weighted by Crippen LogP contribution is 2.27. The lowest BCUT2D eigenvalue weighted by Crippen LogP contribution is -2.42. The zero-order chi connectivity index (χ0) is 15.2. The second-order valence-electron chi connectivity index (χ2n) is 5.11. The van der Waals surface area contributed by atoms with E-state index in [9.17, 15) is 10.1 Å². The molecule has 0 saturated carbocycles. The van der Waals surface area contributed by atoms with Gasteiger partial charge in [0.2, 0.25) is 0 Å². The third-order valence-electron chi connectivity index (χ3n) is 3.67. The zero-order valence-electron chi connectivity index (χ0n) is 12.2. The monoisotopic (exact) mass is 295 g/mol. The van der Waals surface area contributed by atoms with Gasteiger partial charge in [-0.25, -0.2) is 0 Å². The van der Waals surface area contributed by atoms with Crippen LogP contribution in [0.5, 0.6) is 5.75 Å². The van der Waals surface area contributed by atoms with Crippen LogP contribution in [0.15, 0.2) is 18.2 Å². The molecule has 0 spiro atoms. The van der Waals surface area contributed by atoms with Crippen LogP contribution in [0.25, 0.3) is 0 Å². The molecule has 1 atom stereocenters. The minimum absolute atomic E-state index is 0.0135. The first-order chi connectivity index (χ1) is 10.1. The van der Waals surface area contributed by atoms with Gasteiger partial charge in [0, 0.05) is 25.2 Å². The van der Waals surface area contributed by atoms with Crippen molar-refractivity contribution in [2.75, 3.05) is 38.6 Å². The summed E-state index contributed by atoms with van der Waals surface area (Å²) in [6.45, 7) is 6.02. The third kappa shape index (κ3) is 4.30. The van der Waals surface area contributed by atoms with E-state index in [1.54, 1.807) is 0 Å². The van der Waals surface area contributed by atoms with Gasteiger partial charge in [-0.2, -0.15) is 0 Å². The summed E-state index contributed by atoms with van der Waals surface area (Å²) in [5, 5.41) is 10.7. The molecule has 21 heavy (non-hydrogen) atoms. The Hall–Kier alpha value is -1.86. The van der Waals surface area contributed by atoms with Crippen LogP contribution in [0.4, 0.5) is 11.4 Å². The maximum Gasteiger partial charge on any atom is 0.273 e. The van der Waals surface area contributed by atoms with E-state index in [-0.39, 0.29) is 5.69 Å². The Balaban J connectivity index is 1.85. The lowest BCUT2D eigenvalue weighted by molar-refractivity contribution is -0.384. The largest absolute Gasteiger partial charge is 0.491 e. The molecule has 0 radical (unpaired) electrons. The van der Waals surface area contributed by atoms with Crippen molar-refractivity contribution >= 4 is 11.4 Å². The van der Waals surface area contributed by atoms with Crippen molar-refractivity contribution in [3.63, 3.8) is 0 Å². The van der Waals surface area contributed by atoms with E-state index in [1.165, 1.54) is 18.2 Å². The van der Waals surface area contributed by atoms with Crippen LogP contribution in [-0.4, -0.2) is 48.8 Å². The van der Waals surface area contributed by atoms with E-state index in [0.717, 1.165) is 32.7 Å². The average molecular weight is 295 g/mol. The number of nitrogens with zero attached hydrogens (tertiary/aromatic N) is 2. The van der Waals surface area contributed by atoms with E-state index in [4.69, 9.17) is 15.2 Å². The van der Waals surface area contributed by atoms with Crippen LogP contribution < -0.4 is 10.5 Å². The summed E-state index contributed by atoms with van der Waals surface area (Å²) in [6, 6.07) is 4.63. The van der Waals surface area contributed by atoms with Crippen LogP contribution in [0.1, 0.15) is 13.3 Å². The Labute approximate surface area is 123 Å². The third-order valence-corrected chi connectivity index (χ3v) is 3.67. The van der Waals surface area contributed by atoms with Crippen molar-refractivity contribution in [1.29, 1.82) is 0 Å². The molecule has 1 saturated heterocycles. The molecule has 1 unspecified atom stereocenters. The number of nitro benzene ring substituents is 1. The van der Waals surface area contributed by atoms with Gasteiger partial charge < -0.3 is 15.2 Å². The first-order valence-electron chi connectivity index (χ1n) is 7.06. The normalized spacial score (nSPS) is 17.4. The van der Waals surface area contributed by atoms with E-state index in [2.05, 4.69) is 11.8 Å². The molecule has 0 bridgehead atoms. The van der Waals surface area contributed by atoms with Gasteiger partial charge >= 0.3 is 0 Å². The first-order valence-corrected chi connectivity index (χ1v) is 7.06. The highest BCUT2D eigenvalue weighted by atomic mass is 16.6. The Morgan fingerprint density at radius 2 is 2.19 bits per heavy atom. The van der Waals surface area contributed by atoms with E-state index in [0.29, 0.717) is 24.1 Å². The molecule has 0 aliphatic carbocycles. The molecule has 7 heteroatoms. The minimum atomic E-state index is -0.456. The molecule has 7 nitrogen and oxygen atoms in total. The summed E-state index contributed by atoms with van der Waals surface area (Å²) in [7, 11) is 0. The molecule has 0 amide bonds. The number of benzene rings is 1. The number of non-ortho nitro benzene ring substituents is 1. The van der Waals surface area contributed by atoms with Crippen LogP contribution in [0, 0.1) is 10.1 Å². The Kier molecular flexibility index (Phi) is 5.35. The molecule has 1 aromatic carbocycles. The Morgan fingerprint density at radius 3 is 2.86 bits per heavy atom. The summed E-state index contributed by atoms with van der Waals surface area (Å²) < 4.78 is 10.9. The van der Waals surface area contributed by atoms with Crippen LogP contribution >= 0.6 is 0 Å². The predicted molar refractivity (Wildman–Crippen MR) is 79.5 cm³/mol. The van der Waals surface area contributed by atoms with Gasteiger partial charge in [-0.3, -0.25) is 15.0 Å². The number of rotatable bonds is 6. The molecule has 2 rings (SSSR count). The summed E-state index contributed by atoms with van der Waals surface area (Å²) >= 11 is 0. The topological polar surface area (TPSA) is 90.9 Å². The molecule has 1 aromatic rings. The molecule has 116 valence electrons. The maximum atomic E-state index is 10.7. The highest BCUT2D eigenvalue weighted by Gasteiger charge is 2.17. The fourth-order valence-corrected chi connectivity index (χ4v) is 2.30. The standard InChI is InChI=1S/C14H21N3O4/c1-11(16-5-8-20-9-6-16)4-7-21-14-10-12(17(18)19)2-3-13(14)15/h2-3,10-11H,4-9,15H2,1H3. The molecule has 1 fully saturated rings. The fraction of sp³-hybridized carbons (Fsp3) is 0.571. The molecule has 2 N–H and O–H groups in total. The van der Waals surface area contributed by atoms with Crippen molar-refractivity contribution in [2.24, 2.45) is 0 Å². The van der Waals surface area contributed by atoms with Crippen molar-refractivity contribution in [3.05, 3.63) is 28.3 Å². The number of ether oxygens (including phenoxy) is 2. The Bertz CT molecular complexity index is 489. The van der Waals surface area contributed by atoms with Gasteiger partial charge in [-0.15, -0.1) is 0 Å². The smallest absolute Gasteiger partial charge is 0.273 e. The lowest BCUT2D eigenvalue weighted by atomic mass is 10.2. The van der Waals surface area contributed by atoms with Crippen LogP contribution in [0.2, 0.25) is 0 Å². The number of anilines is 1. The van der Waals surface area contributed by atoms with Crippen LogP contribution in [0.3, 0.4) is 0 Å². The first kappa shape index (κ1) is 15.5. The van der Waals surface area contributed by atoms with Gasteiger partial charge in [0.05, 0.1) is 36.5 Å². The lowest BCUT2D eigenvalue weighted by Gasteiger charge is -2.32. The highest BCUT2D eigenvalue weighted by molar-refractivity contribution is 5.57. The zero-order valence-corrected chi connectivity index (χ0v) is 12.2. The van der Waals surface area contributed by atoms with Gasteiger partial charge in [-0.05, 0) is 19.4 Å². The molecule has 1 aliphatic heterocycles. The van der Waals surface area contributed by atoms with Crippen molar-refractivity contribution in [1.82, 2.24) is 4.90 Å². The summed E-state index contributed by atoms with van der Waals surface area (Å²) in [6.07, 6.45) is 0.835. The van der Waals surface area contributed by atoms with Crippen molar-refractivity contribution in [3.8, 4) is 5.75 Å². The Morgan fingerprint density at radius 1 is 1.48 bits per heavy atom. The maximum absolute atomic E-state index is 10.7. The molecule has 1 aliphatic rings. The van der Waals surface area contributed by atoms with Crippen molar-refractivity contribution < 1.29 is 14.4 Å². The SMILES string of the molecule is CC(CCOc1cc([N+](=O)[O-])ccc1N)N1CCOCC1. The second-order valence-corrected chi connectivity index (χ2v) is 5.11. The summed E-state index contributed by atoms with van der Waals surface area (Å²) in [4.78, 5) is 12.6. The van der Waals surface area contributed by atoms with E-state index < -0.39 is 4.92 Å². The number of hydrogen-bond acceptors (Lipinski definition) is 6. The summed E-state index contributed by atoms with van der Waals surface area (Å²) in [5.41, 5.74) is 6.18. The summed E-state index contributed by atoms with van der Waals surface area (Å²) in [5.74, 6) is 0.373. The number of nitrogens with two attached hydrogens (primary N) is 1. The number of nitro groups is 1. The average Bonchev–Trinajstić information content (AvgIpc) is 2.49. The van der Waals surface area contributed by atoms with Gasteiger partial charge in [0.15, 0.2) is 0 Å². The fourth-order valence-electron chi connectivity index (χ4n) is 2.30. The minimum Gasteiger partial charge on any atom is -0.491 e.